The fourth-order valence-electron chi connectivity index (χ4n) is 2.54. The van der Waals surface area contributed by atoms with E-state index in [1.165, 1.54) is 24.5 Å². The fraction of sp³-hybridized carbons (Fsp3) is 0. The summed E-state index contributed by atoms with van der Waals surface area (Å²) in [7, 11) is 0. The van der Waals surface area contributed by atoms with E-state index in [0.717, 1.165) is 0 Å². The van der Waals surface area contributed by atoms with Gasteiger partial charge < -0.3 is 9.15 Å². The van der Waals surface area contributed by atoms with Crippen molar-refractivity contribution in [2.24, 2.45) is 4.99 Å². The molecule has 2 aromatic carbocycles. The molecule has 0 saturated heterocycles. The summed E-state index contributed by atoms with van der Waals surface area (Å²) in [5, 5.41) is 0.758. The third kappa shape index (κ3) is 2.92. The first-order valence-corrected chi connectivity index (χ1v) is 8.27. The number of nitrogens with zero attached hydrogens (tertiary/aromatic N) is 1. The first kappa shape index (κ1) is 16.6. The Labute approximate surface area is 157 Å². The number of aliphatic imine (C=N–C) groups is 1. The minimum Gasteiger partial charge on any atom is -0.462 e. The van der Waals surface area contributed by atoms with Crippen LogP contribution in [0.25, 0.3) is 17.0 Å². The average molecular weight is 386 g/mol. The molecule has 0 N–H and O–H groups in total. The fourth-order valence-corrected chi connectivity index (χ4v) is 3.08. The number of ether oxygens (including phenoxy) is 1. The quantitative estimate of drug-likeness (QED) is 0.482. The number of rotatable bonds is 2. The number of carbonyl (C=O) groups excluding carboxylic acids is 1. The van der Waals surface area contributed by atoms with Crippen LogP contribution in [0.3, 0.4) is 0 Å². The molecule has 5 nitrogen and oxygen atoms in total. The van der Waals surface area contributed by atoms with Crippen LogP contribution < -0.4 is 5.43 Å². The highest BCUT2D eigenvalue weighted by Crippen LogP contribution is 2.27. The molecule has 1 aliphatic rings. The van der Waals surface area contributed by atoms with Crippen LogP contribution >= 0.6 is 23.2 Å². The summed E-state index contributed by atoms with van der Waals surface area (Å²) in [6.07, 6.45) is 2.54. The second kappa shape index (κ2) is 6.44. The number of hydrogen-bond acceptors (Lipinski definition) is 5. The molecule has 0 radical (unpaired) electrons. The molecule has 1 aromatic heterocycles. The first-order chi connectivity index (χ1) is 12.5. The van der Waals surface area contributed by atoms with Crippen LogP contribution in [0, 0.1) is 0 Å². The zero-order valence-corrected chi connectivity index (χ0v) is 14.5. The van der Waals surface area contributed by atoms with Gasteiger partial charge in [-0.1, -0.05) is 41.4 Å². The van der Waals surface area contributed by atoms with Crippen molar-refractivity contribution < 1.29 is 13.9 Å². The zero-order valence-electron chi connectivity index (χ0n) is 13.0. The van der Waals surface area contributed by atoms with Gasteiger partial charge in [-0.3, -0.25) is 4.79 Å². The summed E-state index contributed by atoms with van der Waals surface area (Å²) < 4.78 is 10.6. The van der Waals surface area contributed by atoms with Crippen LogP contribution in [0.1, 0.15) is 11.1 Å². The normalized spacial score (nSPS) is 15.4. The van der Waals surface area contributed by atoms with Crippen molar-refractivity contribution in [3.63, 3.8) is 0 Å². The maximum atomic E-state index is 12.7. The molecule has 3 aromatic rings. The van der Waals surface area contributed by atoms with Gasteiger partial charge in [0.1, 0.15) is 6.26 Å². The number of carbonyl (C=O) groups is 1. The molecule has 1 aliphatic heterocycles. The van der Waals surface area contributed by atoms with Crippen molar-refractivity contribution in [3.8, 4) is 0 Å². The molecule has 7 heteroatoms. The lowest BCUT2D eigenvalue weighted by Gasteiger charge is -2.01. The number of halogens is 2. The monoisotopic (exact) mass is 385 g/mol. The summed E-state index contributed by atoms with van der Waals surface area (Å²) in [6.45, 7) is 0. The third-order valence-corrected chi connectivity index (χ3v) is 4.25. The number of esters is 1. The van der Waals surface area contributed by atoms with Crippen molar-refractivity contribution in [1.29, 1.82) is 0 Å². The second-order valence-corrected chi connectivity index (χ2v) is 6.33. The van der Waals surface area contributed by atoms with Crippen LogP contribution in [-0.4, -0.2) is 11.9 Å². The van der Waals surface area contributed by atoms with E-state index in [1.807, 2.05) is 6.07 Å². The average Bonchev–Trinajstić information content (AvgIpc) is 2.99. The summed E-state index contributed by atoms with van der Waals surface area (Å²) in [4.78, 5) is 28.9. The van der Waals surface area contributed by atoms with Gasteiger partial charge in [0.25, 0.3) is 0 Å². The summed E-state index contributed by atoms with van der Waals surface area (Å²) >= 11 is 12.0. The molecular weight excluding hydrogens is 377 g/mol. The largest absolute Gasteiger partial charge is 0.462 e. The Balaban J connectivity index is 1.81. The van der Waals surface area contributed by atoms with Gasteiger partial charge in [0.05, 0.1) is 16.0 Å². The lowest BCUT2D eigenvalue weighted by Crippen LogP contribution is -2.07. The summed E-state index contributed by atoms with van der Waals surface area (Å²) in [5.41, 5.74) is 0.655. The molecule has 0 aliphatic carbocycles. The highest BCUT2D eigenvalue weighted by Gasteiger charge is 2.24. The van der Waals surface area contributed by atoms with Crippen LogP contribution in [-0.2, 0) is 9.53 Å². The smallest absolute Gasteiger partial charge is 0.363 e. The third-order valence-electron chi connectivity index (χ3n) is 3.75. The van der Waals surface area contributed by atoms with Gasteiger partial charge in [-0.25, -0.2) is 9.79 Å². The molecule has 26 heavy (non-hydrogen) atoms. The van der Waals surface area contributed by atoms with E-state index in [2.05, 4.69) is 4.99 Å². The Bertz CT molecular complexity index is 1160. The topological polar surface area (TPSA) is 68.9 Å². The Morgan fingerprint density at radius 3 is 2.58 bits per heavy atom. The zero-order chi connectivity index (χ0) is 18.3. The van der Waals surface area contributed by atoms with Crippen molar-refractivity contribution in [2.75, 3.05) is 0 Å². The summed E-state index contributed by atoms with van der Waals surface area (Å²) in [6, 6.07) is 11.9. The Kier molecular flexibility index (Phi) is 4.11. The molecule has 0 fully saturated rings. The highest BCUT2D eigenvalue weighted by atomic mass is 35.5. The van der Waals surface area contributed by atoms with E-state index in [-0.39, 0.29) is 38.6 Å². The Hall–Kier alpha value is -2.89. The van der Waals surface area contributed by atoms with E-state index in [1.54, 1.807) is 24.3 Å². The van der Waals surface area contributed by atoms with Crippen molar-refractivity contribution >= 4 is 52.1 Å². The lowest BCUT2D eigenvalue weighted by atomic mass is 10.1. The van der Waals surface area contributed by atoms with Crippen LogP contribution in [0.15, 0.2) is 68.6 Å². The Morgan fingerprint density at radius 2 is 1.81 bits per heavy atom. The predicted octanol–water partition coefficient (Wildman–Crippen LogP) is 4.44. The molecule has 0 spiro atoms. The van der Waals surface area contributed by atoms with Gasteiger partial charge in [-0.05, 0) is 30.3 Å². The Morgan fingerprint density at radius 1 is 1.04 bits per heavy atom. The van der Waals surface area contributed by atoms with E-state index in [4.69, 9.17) is 32.4 Å². The van der Waals surface area contributed by atoms with Crippen LogP contribution in [0.2, 0.25) is 10.0 Å². The van der Waals surface area contributed by atoms with E-state index in [9.17, 15) is 9.59 Å². The number of cyclic esters (lactones) is 1. The predicted molar refractivity (Wildman–Crippen MR) is 99.6 cm³/mol. The minimum absolute atomic E-state index is 0.00336. The number of benzene rings is 2. The highest BCUT2D eigenvalue weighted by molar-refractivity contribution is 6.38. The standard InChI is InChI=1S/C19H9Cl2NO4/c20-12-7-13-16(23)11(9-25-17(13)14(21)8-12)6-15-19(24)26-18(22-15)10-4-2-1-3-5-10/h1-9H/b15-6+. The van der Waals surface area contributed by atoms with Gasteiger partial charge in [-0.2, -0.15) is 0 Å². The molecule has 128 valence electrons. The summed E-state index contributed by atoms with van der Waals surface area (Å²) in [5.74, 6) is -0.467. The van der Waals surface area contributed by atoms with Crippen molar-refractivity contribution in [1.82, 2.24) is 0 Å². The van der Waals surface area contributed by atoms with Gasteiger partial charge in [-0.15, -0.1) is 0 Å². The number of hydrogen-bond donors (Lipinski definition) is 0. The molecule has 4 rings (SSSR count). The van der Waals surface area contributed by atoms with E-state index in [0.29, 0.717) is 10.6 Å². The van der Waals surface area contributed by atoms with E-state index < -0.39 is 5.97 Å². The molecule has 0 atom stereocenters. The molecule has 0 amide bonds. The van der Waals surface area contributed by atoms with Crippen molar-refractivity contribution in [2.45, 2.75) is 0 Å². The van der Waals surface area contributed by atoms with Crippen molar-refractivity contribution in [3.05, 3.63) is 85.8 Å². The molecule has 2 heterocycles. The van der Waals surface area contributed by atoms with Gasteiger partial charge in [0.15, 0.2) is 16.7 Å². The molecule has 0 unspecified atom stereocenters. The number of fused-ring (bicyclic) bond motifs is 1. The maximum absolute atomic E-state index is 12.7. The van der Waals surface area contributed by atoms with Gasteiger partial charge in [0.2, 0.25) is 5.90 Å². The minimum atomic E-state index is -0.646. The van der Waals surface area contributed by atoms with Crippen LogP contribution in [0.5, 0.6) is 0 Å². The lowest BCUT2D eigenvalue weighted by molar-refractivity contribution is -0.129. The van der Waals surface area contributed by atoms with Gasteiger partial charge in [0, 0.05) is 10.6 Å². The maximum Gasteiger partial charge on any atom is 0.363 e. The van der Waals surface area contributed by atoms with E-state index >= 15 is 0 Å². The van der Waals surface area contributed by atoms with Crippen LogP contribution in [0.4, 0.5) is 0 Å². The second-order valence-electron chi connectivity index (χ2n) is 5.49. The SMILES string of the molecule is O=C1OC(c2ccccc2)=N/C1=C/c1coc2c(Cl)cc(Cl)cc2c1=O. The molecular formula is C19H9Cl2NO4. The molecule has 0 saturated carbocycles. The van der Waals surface area contributed by atoms with Gasteiger partial charge >= 0.3 is 5.97 Å². The molecule has 0 bridgehead atoms. The first-order valence-electron chi connectivity index (χ1n) is 7.51.